The number of benzene rings is 2. The van der Waals surface area contributed by atoms with E-state index in [1.165, 1.54) is 17.7 Å². The lowest BCUT2D eigenvalue weighted by atomic mass is 10.1. The zero-order chi connectivity index (χ0) is 22.6. The van der Waals surface area contributed by atoms with Crippen molar-refractivity contribution in [3.8, 4) is 11.5 Å². The standard InChI is InChI=1S/C25H34FN3O3/c1-27-25(29-16-13-22(14-17-29)31-19-3-18-30-2)28-15-12-20-4-8-23(9-5-20)32-24-10-6-21(26)7-11-24/h4-11,22H,3,12-19H2,1-2H3,(H,27,28). The van der Waals surface area contributed by atoms with E-state index in [1.807, 2.05) is 19.2 Å². The first-order valence-corrected chi connectivity index (χ1v) is 11.3. The minimum atomic E-state index is -0.272. The molecular formula is C25H34FN3O3. The van der Waals surface area contributed by atoms with Crippen LogP contribution < -0.4 is 10.1 Å². The van der Waals surface area contributed by atoms with Crippen LogP contribution in [0.15, 0.2) is 53.5 Å². The molecule has 0 unspecified atom stereocenters. The van der Waals surface area contributed by atoms with Gasteiger partial charge in [-0.1, -0.05) is 12.1 Å². The Bertz CT molecular complexity index is 819. The lowest BCUT2D eigenvalue weighted by molar-refractivity contribution is 0.00992. The Balaban J connectivity index is 1.37. The molecular weight excluding hydrogens is 409 g/mol. The molecule has 7 heteroatoms. The normalized spacial score (nSPS) is 15.1. The molecule has 1 aliphatic heterocycles. The van der Waals surface area contributed by atoms with Crippen molar-refractivity contribution >= 4 is 5.96 Å². The Hall–Kier alpha value is -2.64. The number of likely N-dealkylation sites (tertiary alicyclic amines) is 1. The van der Waals surface area contributed by atoms with Crippen LogP contribution in [0.3, 0.4) is 0 Å². The van der Waals surface area contributed by atoms with Crippen molar-refractivity contribution in [2.75, 3.05) is 47.0 Å². The summed E-state index contributed by atoms with van der Waals surface area (Å²) in [7, 11) is 3.55. The number of aliphatic imine (C=N–C) groups is 1. The first-order valence-electron chi connectivity index (χ1n) is 11.3. The zero-order valence-electron chi connectivity index (χ0n) is 19.1. The molecule has 1 fully saturated rings. The lowest BCUT2D eigenvalue weighted by Gasteiger charge is -2.34. The fourth-order valence-corrected chi connectivity index (χ4v) is 3.70. The Labute approximate surface area is 190 Å². The molecule has 3 rings (SSSR count). The summed E-state index contributed by atoms with van der Waals surface area (Å²) < 4.78 is 29.8. The smallest absolute Gasteiger partial charge is 0.193 e. The Morgan fingerprint density at radius 3 is 2.31 bits per heavy atom. The van der Waals surface area contributed by atoms with E-state index in [-0.39, 0.29) is 5.82 Å². The van der Waals surface area contributed by atoms with Crippen molar-refractivity contribution in [2.45, 2.75) is 31.8 Å². The number of nitrogens with one attached hydrogen (secondary N) is 1. The number of piperidine rings is 1. The average molecular weight is 444 g/mol. The molecule has 0 atom stereocenters. The molecule has 0 amide bonds. The van der Waals surface area contributed by atoms with Gasteiger partial charge in [-0.3, -0.25) is 4.99 Å². The summed E-state index contributed by atoms with van der Waals surface area (Å²) in [5.41, 5.74) is 1.21. The number of hydrogen-bond donors (Lipinski definition) is 1. The molecule has 6 nitrogen and oxygen atoms in total. The number of halogens is 1. The van der Waals surface area contributed by atoms with E-state index >= 15 is 0 Å². The molecule has 0 spiro atoms. The van der Waals surface area contributed by atoms with Gasteiger partial charge in [-0.25, -0.2) is 4.39 Å². The molecule has 174 valence electrons. The maximum absolute atomic E-state index is 13.0. The van der Waals surface area contributed by atoms with E-state index in [0.29, 0.717) is 11.9 Å². The largest absolute Gasteiger partial charge is 0.457 e. The van der Waals surface area contributed by atoms with Gasteiger partial charge in [0.2, 0.25) is 0 Å². The Morgan fingerprint density at radius 2 is 1.69 bits per heavy atom. The highest BCUT2D eigenvalue weighted by Crippen LogP contribution is 2.22. The van der Waals surface area contributed by atoms with Gasteiger partial charge in [0.1, 0.15) is 17.3 Å². The Kier molecular flexibility index (Phi) is 9.78. The summed E-state index contributed by atoms with van der Waals surface area (Å²) in [6.07, 6.45) is 4.19. The summed E-state index contributed by atoms with van der Waals surface area (Å²) in [5, 5.41) is 3.47. The molecule has 1 saturated heterocycles. The number of rotatable bonds is 10. The number of hydrogen-bond acceptors (Lipinski definition) is 4. The second kappa shape index (κ2) is 13.0. The highest BCUT2D eigenvalue weighted by Gasteiger charge is 2.21. The molecule has 0 bridgehead atoms. The van der Waals surface area contributed by atoms with E-state index in [1.54, 1.807) is 19.2 Å². The van der Waals surface area contributed by atoms with Gasteiger partial charge in [0.25, 0.3) is 0 Å². The third-order valence-electron chi connectivity index (χ3n) is 5.47. The number of methoxy groups -OCH3 is 1. The quantitative estimate of drug-likeness (QED) is 0.338. The average Bonchev–Trinajstić information content (AvgIpc) is 2.83. The van der Waals surface area contributed by atoms with Crippen molar-refractivity contribution in [3.63, 3.8) is 0 Å². The first-order chi connectivity index (χ1) is 15.7. The summed E-state index contributed by atoms with van der Waals surface area (Å²) in [4.78, 5) is 6.75. The molecule has 1 heterocycles. The Morgan fingerprint density at radius 1 is 1.03 bits per heavy atom. The second-order valence-corrected chi connectivity index (χ2v) is 7.83. The van der Waals surface area contributed by atoms with Crippen LogP contribution in [0.2, 0.25) is 0 Å². The van der Waals surface area contributed by atoms with Crippen LogP contribution in [0.1, 0.15) is 24.8 Å². The van der Waals surface area contributed by atoms with Crippen LogP contribution in [0.25, 0.3) is 0 Å². The van der Waals surface area contributed by atoms with Crippen LogP contribution in [0.4, 0.5) is 4.39 Å². The molecule has 32 heavy (non-hydrogen) atoms. The minimum Gasteiger partial charge on any atom is -0.457 e. The highest BCUT2D eigenvalue weighted by atomic mass is 19.1. The molecule has 0 radical (unpaired) electrons. The van der Waals surface area contributed by atoms with Crippen LogP contribution >= 0.6 is 0 Å². The predicted octanol–water partition coefficient (Wildman–Crippen LogP) is 4.25. The summed E-state index contributed by atoms with van der Waals surface area (Å²) in [6.45, 7) is 4.21. The molecule has 0 saturated carbocycles. The molecule has 2 aromatic rings. The summed E-state index contributed by atoms with van der Waals surface area (Å²) in [5.74, 6) is 2.02. The minimum absolute atomic E-state index is 0.272. The number of nitrogens with zero attached hydrogens (tertiary/aromatic N) is 2. The molecule has 2 aromatic carbocycles. The van der Waals surface area contributed by atoms with E-state index in [0.717, 1.165) is 70.2 Å². The van der Waals surface area contributed by atoms with Gasteiger partial charge in [-0.2, -0.15) is 0 Å². The topological polar surface area (TPSA) is 55.3 Å². The van der Waals surface area contributed by atoms with Crippen molar-refractivity contribution in [1.82, 2.24) is 10.2 Å². The monoisotopic (exact) mass is 443 g/mol. The third kappa shape index (κ3) is 7.80. The van der Waals surface area contributed by atoms with E-state index in [9.17, 15) is 4.39 Å². The van der Waals surface area contributed by atoms with Crippen LogP contribution in [-0.2, 0) is 15.9 Å². The summed E-state index contributed by atoms with van der Waals surface area (Å²) >= 11 is 0. The van der Waals surface area contributed by atoms with E-state index < -0.39 is 0 Å². The van der Waals surface area contributed by atoms with Gasteiger partial charge in [-0.15, -0.1) is 0 Å². The number of guanidine groups is 1. The molecule has 1 aliphatic rings. The van der Waals surface area contributed by atoms with E-state index in [2.05, 4.69) is 27.3 Å². The molecule has 1 N–H and O–H groups in total. The predicted molar refractivity (Wildman–Crippen MR) is 125 cm³/mol. The van der Waals surface area contributed by atoms with Gasteiger partial charge in [0.05, 0.1) is 6.10 Å². The molecule has 0 aromatic heterocycles. The van der Waals surface area contributed by atoms with Crippen LogP contribution in [0, 0.1) is 5.82 Å². The van der Waals surface area contributed by atoms with Gasteiger partial charge in [0.15, 0.2) is 5.96 Å². The SMILES string of the molecule is CN=C(NCCc1ccc(Oc2ccc(F)cc2)cc1)N1CCC(OCCCOC)CC1. The second-order valence-electron chi connectivity index (χ2n) is 7.83. The van der Waals surface area contributed by atoms with Crippen LogP contribution in [-0.4, -0.2) is 64.0 Å². The highest BCUT2D eigenvalue weighted by molar-refractivity contribution is 5.80. The van der Waals surface area contributed by atoms with Gasteiger partial charge in [0, 0.05) is 47.0 Å². The third-order valence-corrected chi connectivity index (χ3v) is 5.47. The fourth-order valence-electron chi connectivity index (χ4n) is 3.70. The van der Waals surface area contributed by atoms with Crippen molar-refractivity contribution in [2.24, 2.45) is 4.99 Å². The van der Waals surface area contributed by atoms with Crippen molar-refractivity contribution in [3.05, 3.63) is 59.9 Å². The maximum atomic E-state index is 13.0. The molecule has 0 aliphatic carbocycles. The van der Waals surface area contributed by atoms with Gasteiger partial charge >= 0.3 is 0 Å². The zero-order valence-corrected chi connectivity index (χ0v) is 19.1. The first kappa shape index (κ1) is 24.0. The van der Waals surface area contributed by atoms with Crippen molar-refractivity contribution < 1.29 is 18.6 Å². The van der Waals surface area contributed by atoms with E-state index in [4.69, 9.17) is 14.2 Å². The maximum Gasteiger partial charge on any atom is 0.193 e. The fraction of sp³-hybridized carbons (Fsp3) is 0.480. The number of ether oxygens (including phenoxy) is 3. The lowest BCUT2D eigenvalue weighted by Crippen LogP contribution is -2.47. The van der Waals surface area contributed by atoms with Gasteiger partial charge in [-0.05, 0) is 67.6 Å². The summed E-state index contributed by atoms with van der Waals surface area (Å²) in [6, 6.07) is 14.0. The van der Waals surface area contributed by atoms with Gasteiger partial charge < -0.3 is 24.4 Å². The van der Waals surface area contributed by atoms with Crippen LogP contribution in [0.5, 0.6) is 11.5 Å². The van der Waals surface area contributed by atoms with Crippen molar-refractivity contribution in [1.29, 1.82) is 0 Å².